The van der Waals surface area contributed by atoms with Crippen LogP contribution in [0.4, 0.5) is 0 Å². The number of carbonyl (C=O) groups is 1. The minimum Gasteiger partial charge on any atom is -0.386 e. The topological polar surface area (TPSA) is 40.5 Å². The predicted molar refractivity (Wildman–Crippen MR) is 58.3 cm³/mol. The van der Waals surface area contributed by atoms with Crippen LogP contribution in [0, 0.1) is 11.3 Å². The molecule has 0 radical (unpaired) electrons. The van der Waals surface area contributed by atoms with Gasteiger partial charge in [-0.2, -0.15) is 0 Å². The molecule has 0 spiro atoms. The molecule has 15 heavy (non-hydrogen) atoms. The van der Waals surface area contributed by atoms with Crippen LogP contribution in [0.2, 0.25) is 0 Å². The molecule has 0 bridgehead atoms. The fraction of sp³-hybridized carbons (Fsp3) is 0.917. The molecular formula is C12H21NO2. The highest BCUT2D eigenvalue weighted by molar-refractivity contribution is 5.81. The van der Waals surface area contributed by atoms with Crippen molar-refractivity contribution in [1.82, 2.24) is 4.90 Å². The van der Waals surface area contributed by atoms with Gasteiger partial charge >= 0.3 is 0 Å². The van der Waals surface area contributed by atoms with Gasteiger partial charge in [0.2, 0.25) is 5.91 Å². The van der Waals surface area contributed by atoms with Crippen LogP contribution in [0.25, 0.3) is 0 Å². The Labute approximate surface area is 91.5 Å². The number of rotatable bonds is 1. The zero-order valence-corrected chi connectivity index (χ0v) is 9.92. The molecule has 2 aliphatic rings. The SMILES string of the molecule is CC1(O)CN(C(=O)C2CCCC2(C)C)C1. The van der Waals surface area contributed by atoms with Crippen LogP contribution in [0.5, 0.6) is 0 Å². The molecule has 3 nitrogen and oxygen atoms in total. The lowest BCUT2D eigenvalue weighted by atomic mass is 9.80. The Hall–Kier alpha value is -0.570. The molecule has 2 fully saturated rings. The monoisotopic (exact) mass is 211 g/mol. The van der Waals surface area contributed by atoms with Crippen LogP contribution >= 0.6 is 0 Å². The van der Waals surface area contributed by atoms with E-state index in [-0.39, 0.29) is 17.2 Å². The van der Waals surface area contributed by atoms with E-state index in [0.717, 1.165) is 19.3 Å². The molecule has 3 heteroatoms. The third kappa shape index (κ3) is 1.89. The van der Waals surface area contributed by atoms with Gasteiger partial charge in [0, 0.05) is 5.92 Å². The molecule has 0 aromatic heterocycles. The molecule has 0 aromatic carbocycles. The molecule has 1 saturated heterocycles. The van der Waals surface area contributed by atoms with Crippen molar-refractivity contribution in [3.8, 4) is 0 Å². The van der Waals surface area contributed by atoms with Gasteiger partial charge < -0.3 is 10.0 Å². The van der Waals surface area contributed by atoms with E-state index in [2.05, 4.69) is 13.8 Å². The Balaban J connectivity index is 1.98. The average Bonchev–Trinajstić information content (AvgIpc) is 2.39. The number of carbonyl (C=O) groups excluding carboxylic acids is 1. The van der Waals surface area contributed by atoms with Crippen LogP contribution in [-0.2, 0) is 4.79 Å². The standard InChI is InChI=1S/C12H21NO2/c1-11(2)6-4-5-9(11)10(14)13-7-12(3,15)8-13/h9,15H,4-8H2,1-3H3. The van der Waals surface area contributed by atoms with Crippen LogP contribution in [-0.4, -0.2) is 34.6 Å². The van der Waals surface area contributed by atoms with Gasteiger partial charge in [-0.1, -0.05) is 20.3 Å². The van der Waals surface area contributed by atoms with E-state index in [1.165, 1.54) is 0 Å². The molecule has 2 rings (SSSR count). The number of likely N-dealkylation sites (tertiary alicyclic amines) is 1. The summed E-state index contributed by atoms with van der Waals surface area (Å²) in [6, 6.07) is 0. The summed E-state index contributed by atoms with van der Waals surface area (Å²) in [4.78, 5) is 13.9. The quantitative estimate of drug-likeness (QED) is 0.712. The summed E-state index contributed by atoms with van der Waals surface area (Å²) in [5.41, 5.74) is -0.489. The predicted octanol–water partition coefficient (Wildman–Crippen LogP) is 1.41. The number of nitrogens with zero attached hydrogens (tertiary/aromatic N) is 1. The molecule has 1 amide bonds. The van der Waals surface area contributed by atoms with Gasteiger partial charge in [-0.05, 0) is 25.2 Å². The lowest BCUT2D eigenvalue weighted by Crippen LogP contribution is -2.63. The first-order chi connectivity index (χ1) is 6.82. The van der Waals surface area contributed by atoms with Gasteiger partial charge in [-0.25, -0.2) is 0 Å². The number of hydrogen-bond acceptors (Lipinski definition) is 2. The second-order valence-electron chi connectivity index (χ2n) is 6.12. The Morgan fingerprint density at radius 2 is 1.93 bits per heavy atom. The van der Waals surface area contributed by atoms with E-state index in [9.17, 15) is 9.90 Å². The van der Waals surface area contributed by atoms with E-state index in [1.807, 2.05) is 0 Å². The summed E-state index contributed by atoms with van der Waals surface area (Å²) in [6.07, 6.45) is 3.33. The van der Waals surface area contributed by atoms with Crippen molar-refractivity contribution in [3.63, 3.8) is 0 Å². The summed E-state index contributed by atoms with van der Waals surface area (Å²) in [7, 11) is 0. The van der Waals surface area contributed by atoms with E-state index in [4.69, 9.17) is 0 Å². The van der Waals surface area contributed by atoms with Crippen molar-refractivity contribution < 1.29 is 9.90 Å². The summed E-state index contributed by atoms with van der Waals surface area (Å²) in [5, 5.41) is 9.61. The molecule has 1 atom stereocenters. The normalized spacial score (nSPS) is 32.5. The van der Waals surface area contributed by atoms with E-state index < -0.39 is 5.60 Å². The molecule has 1 saturated carbocycles. The van der Waals surface area contributed by atoms with Gasteiger partial charge in [0.05, 0.1) is 18.7 Å². The van der Waals surface area contributed by atoms with Crippen LogP contribution in [0.3, 0.4) is 0 Å². The summed E-state index contributed by atoms with van der Waals surface area (Å²) in [6.45, 7) is 7.17. The van der Waals surface area contributed by atoms with Crippen molar-refractivity contribution in [2.24, 2.45) is 11.3 Å². The second kappa shape index (κ2) is 3.21. The number of β-amino-alcohol motifs (C(OH)–C–C–N with tert-alkyl or cyclic N) is 1. The van der Waals surface area contributed by atoms with Crippen molar-refractivity contribution in [2.75, 3.05) is 13.1 Å². The maximum atomic E-state index is 12.1. The zero-order valence-electron chi connectivity index (χ0n) is 9.92. The third-order valence-electron chi connectivity index (χ3n) is 3.93. The Morgan fingerprint density at radius 3 is 2.33 bits per heavy atom. The van der Waals surface area contributed by atoms with Crippen LogP contribution < -0.4 is 0 Å². The third-order valence-corrected chi connectivity index (χ3v) is 3.93. The Morgan fingerprint density at radius 1 is 1.33 bits per heavy atom. The molecular weight excluding hydrogens is 190 g/mol. The van der Waals surface area contributed by atoms with Gasteiger partial charge in [-0.15, -0.1) is 0 Å². The highest BCUT2D eigenvalue weighted by Gasteiger charge is 2.46. The number of hydrogen-bond donors (Lipinski definition) is 1. The minimum atomic E-state index is -0.640. The Kier molecular flexibility index (Phi) is 2.34. The molecule has 0 aromatic rings. The van der Waals surface area contributed by atoms with Crippen LogP contribution in [0.1, 0.15) is 40.0 Å². The van der Waals surface area contributed by atoms with Gasteiger partial charge in [0.15, 0.2) is 0 Å². The van der Waals surface area contributed by atoms with E-state index in [1.54, 1.807) is 11.8 Å². The fourth-order valence-electron chi connectivity index (χ4n) is 2.94. The molecule has 86 valence electrons. The van der Waals surface area contributed by atoms with Crippen molar-refractivity contribution >= 4 is 5.91 Å². The lowest BCUT2D eigenvalue weighted by molar-refractivity contribution is -0.159. The minimum absolute atomic E-state index is 0.151. The first-order valence-corrected chi connectivity index (χ1v) is 5.83. The number of amides is 1. The summed E-state index contributed by atoms with van der Waals surface area (Å²) in [5.74, 6) is 0.428. The van der Waals surface area contributed by atoms with Gasteiger partial charge in [0.25, 0.3) is 0 Å². The smallest absolute Gasteiger partial charge is 0.226 e. The maximum absolute atomic E-state index is 12.1. The van der Waals surface area contributed by atoms with E-state index in [0.29, 0.717) is 13.1 Å². The van der Waals surface area contributed by atoms with E-state index >= 15 is 0 Å². The Bertz CT molecular complexity index is 275. The largest absolute Gasteiger partial charge is 0.386 e. The fourth-order valence-corrected chi connectivity index (χ4v) is 2.94. The first-order valence-electron chi connectivity index (χ1n) is 5.83. The van der Waals surface area contributed by atoms with Crippen LogP contribution in [0.15, 0.2) is 0 Å². The van der Waals surface area contributed by atoms with Gasteiger partial charge in [0.1, 0.15) is 0 Å². The lowest BCUT2D eigenvalue weighted by Gasteiger charge is -2.46. The number of aliphatic hydroxyl groups is 1. The highest BCUT2D eigenvalue weighted by atomic mass is 16.3. The molecule has 1 unspecified atom stereocenters. The van der Waals surface area contributed by atoms with Crippen molar-refractivity contribution in [3.05, 3.63) is 0 Å². The first kappa shape index (κ1) is 10.9. The van der Waals surface area contributed by atoms with Crippen molar-refractivity contribution in [2.45, 2.75) is 45.6 Å². The van der Waals surface area contributed by atoms with Gasteiger partial charge in [-0.3, -0.25) is 4.79 Å². The highest BCUT2D eigenvalue weighted by Crippen LogP contribution is 2.44. The average molecular weight is 211 g/mol. The summed E-state index contributed by atoms with van der Waals surface area (Å²) < 4.78 is 0. The zero-order chi connectivity index (χ0) is 11.3. The molecule has 1 aliphatic heterocycles. The molecule has 1 heterocycles. The second-order valence-corrected chi connectivity index (χ2v) is 6.12. The maximum Gasteiger partial charge on any atom is 0.226 e. The summed E-state index contributed by atoms with van der Waals surface area (Å²) >= 11 is 0. The van der Waals surface area contributed by atoms with Crippen molar-refractivity contribution in [1.29, 1.82) is 0 Å². The molecule has 1 aliphatic carbocycles. The molecule has 1 N–H and O–H groups in total.